The second kappa shape index (κ2) is 5.54. The van der Waals surface area contributed by atoms with Gasteiger partial charge in [0.05, 0.1) is 11.0 Å². The zero-order valence-corrected chi connectivity index (χ0v) is 17.2. The summed E-state index contributed by atoms with van der Waals surface area (Å²) in [5, 5.41) is 8.16. The van der Waals surface area contributed by atoms with Gasteiger partial charge in [0.15, 0.2) is 0 Å². The largest absolute Gasteiger partial charge is 0.347 e. The Bertz CT molecular complexity index is 1530. The fraction of sp³-hybridized carbons (Fsp3) is 0.143. The van der Waals surface area contributed by atoms with Crippen molar-refractivity contribution < 1.29 is 0 Å². The maximum atomic E-state index is 2.45. The SMILES string of the molecule is Cn1c2c(c3ccc4ccccc4c31)Cc1c(c3ccc4ccccc4c3n1C)C2. The zero-order valence-electron chi connectivity index (χ0n) is 17.2. The van der Waals surface area contributed by atoms with E-state index in [1.54, 1.807) is 0 Å². The first-order valence-corrected chi connectivity index (χ1v) is 10.7. The average molecular weight is 386 g/mol. The van der Waals surface area contributed by atoms with E-state index >= 15 is 0 Å². The molecule has 4 aromatic carbocycles. The van der Waals surface area contributed by atoms with Crippen LogP contribution in [0.3, 0.4) is 0 Å². The molecular formula is C28H22N2. The summed E-state index contributed by atoms with van der Waals surface area (Å²) in [5.74, 6) is 0. The summed E-state index contributed by atoms with van der Waals surface area (Å²) in [5.41, 5.74) is 8.69. The Kier molecular flexibility index (Phi) is 3.01. The van der Waals surface area contributed by atoms with Crippen LogP contribution < -0.4 is 0 Å². The molecule has 0 N–H and O–H groups in total. The molecule has 0 unspecified atom stereocenters. The topological polar surface area (TPSA) is 9.86 Å². The number of aromatic nitrogens is 2. The van der Waals surface area contributed by atoms with Crippen molar-refractivity contribution in [2.24, 2.45) is 14.1 Å². The van der Waals surface area contributed by atoms with Gasteiger partial charge in [0.25, 0.3) is 0 Å². The first-order valence-electron chi connectivity index (χ1n) is 10.7. The van der Waals surface area contributed by atoms with Crippen LogP contribution in [0.1, 0.15) is 22.5 Å². The third-order valence-corrected chi connectivity index (χ3v) is 7.32. The third kappa shape index (κ3) is 1.89. The van der Waals surface area contributed by atoms with Gasteiger partial charge in [-0.15, -0.1) is 0 Å². The van der Waals surface area contributed by atoms with E-state index in [0.29, 0.717) is 0 Å². The second-order valence-electron chi connectivity index (χ2n) is 8.69. The Labute approximate surface area is 175 Å². The number of nitrogens with zero attached hydrogens (tertiary/aromatic N) is 2. The normalized spacial score (nSPS) is 13.4. The molecule has 2 heterocycles. The van der Waals surface area contributed by atoms with Gasteiger partial charge in [0.1, 0.15) is 0 Å². The number of hydrogen-bond donors (Lipinski definition) is 0. The lowest BCUT2D eigenvalue weighted by Gasteiger charge is -2.17. The molecule has 0 radical (unpaired) electrons. The molecule has 2 aromatic heterocycles. The van der Waals surface area contributed by atoms with E-state index < -0.39 is 0 Å². The molecule has 1 aliphatic rings. The maximum absolute atomic E-state index is 2.45. The zero-order chi connectivity index (χ0) is 20.0. The highest BCUT2D eigenvalue weighted by atomic mass is 15.0. The van der Waals surface area contributed by atoms with E-state index in [9.17, 15) is 0 Å². The minimum Gasteiger partial charge on any atom is -0.347 e. The van der Waals surface area contributed by atoms with Crippen LogP contribution in [0.2, 0.25) is 0 Å². The third-order valence-electron chi connectivity index (χ3n) is 7.32. The molecule has 0 amide bonds. The fourth-order valence-corrected chi connectivity index (χ4v) is 5.89. The summed E-state index contributed by atoms with van der Waals surface area (Å²) in [7, 11) is 4.50. The van der Waals surface area contributed by atoms with Crippen LogP contribution in [0.4, 0.5) is 0 Å². The van der Waals surface area contributed by atoms with E-state index in [0.717, 1.165) is 12.8 Å². The summed E-state index contributed by atoms with van der Waals surface area (Å²) in [6.07, 6.45) is 2.00. The van der Waals surface area contributed by atoms with Crippen LogP contribution >= 0.6 is 0 Å². The summed E-state index contributed by atoms with van der Waals surface area (Å²) < 4.78 is 4.91. The average Bonchev–Trinajstić information content (AvgIpc) is 3.24. The summed E-state index contributed by atoms with van der Waals surface area (Å²) in [6.45, 7) is 0. The summed E-state index contributed by atoms with van der Waals surface area (Å²) in [4.78, 5) is 0. The minimum absolute atomic E-state index is 1.000. The lowest BCUT2D eigenvalue weighted by Crippen LogP contribution is -2.11. The Morgan fingerprint density at radius 3 is 1.40 bits per heavy atom. The number of fused-ring (bicyclic) bond motifs is 10. The first-order chi connectivity index (χ1) is 14.7. The predicted molar refractivity (Wildman–Crippen MR) is 126 cm³/mol. The Hall–Kier alpha value is -3.52. The molecule has 0 bridgehead atoms. The predicted octanol–water partition coefficient (Wildman–Crippen LogP) is 6.47. The van der Waals surface area contributed by atoms with Crippen molar-refractivity contribution in [1.29, 1.82) is 0 Å². The lowest BCUT2D eigenvalue weighted by molar-refractivity contribution is 0.802. The Balaban J connectivity index is 1.55. The first kappa shape index (κ1) is 16.3. The summed E-state index contributed by atoms with van der Waals surface area (Å²) in [6, 6.07) is 26.7. The van der Waals surface area contributed by atoms with Gasteiger partial charge >= 0.3 is 0 Å². The van der Waals surface area contributed by atoms with Crippen LogP contribution in [0.15, 0.2) is 72.8 Å². The van der Waals surface area contributed by atoms with Crippen molar-refractivity contribution >= 4 is 43.4 Å². The van der Waals surface area contributed by atoms with Crippen molar-refractivity contribution in [3.8, 4) is 0 Å². The molecule has 1 aliphatic carbocycles. The van der Waals surface area contributed by atoms with Gasteiger partial charge in [-0.05, 0) is 21.9 Å². The number of aryl methyl sites for hydroxylation is 2. The van der Waals surface area contributed by atoms with Gasteiger partial charge in [-0.1, -0.05) is 72.8 Å². The quantitative estimate of drug-likeness (QED) is 0.283. The molecule has 0 fully saturated rings. The Morgan fingerprint density at radius 2 is 0.933 bits per heavy atom. The van der Waals surface area contributed by atoms with Gasteiger partial charge < -0.3 is 9.13 Å². The molecule has 7 rings (SSSR count). The lowest BCUT2D eigenvalue weighted by atomic mass is 9.91. The van der Waals surface area contributed by atoms with Crippen molar-refractivity contribution in [2.75, 3.05) is 0 Å². The van der Waals surface area contributed by atoms with Crippen molar-refractivity contribution in [3.63, 3.8) is 0 Å². The standard InChI is InChI=1S/C28H22N2/c1-29-25-15-24-22-14-12-18-8-4-6-10-20(18)28(22)30(2)26(24)16-23(25)21-13-11-17-7-3-5-9-19(17)27(21)29/h3-14H,15-16H2,1-2H3. The van der Waals surface area contributed by atoms with Crippen LogP contribution in [-0.4, -0.2) is 9.13 Å². The molecule has 0 saturated carbocycles. The fourth-order valence-electron chi connectivity index (χ4n) is 5.89. The summed E-state index contributed by atoms with van der Waals surface area (Å²) >= 11 is 0. The van der Waals surface area contributed by atoms with Crippen molar-refractivity contribution in [2.45, 2.75) is 12.8 Å². The molecule has 30 heavy (non-hydrogen) atoms. The highest BCUT2D eigenvalue weighted by molar-refractivity contribution is 6.10. The molecule has 2 heteroatoms. The van der Waals surface area contributed by atoms with Crippen LogP contribution in [0, 0.1) is 0 Å². The number of benzene rings is 4. The van der Waals surface area contributed by atoms with Crippen LogP contribution in [0.5, 0.6) is 0 Å². The minimum atomic E-state index is 1.000. The van der Waals surface area contributed by atoms with E-state index in [1.807, 2.05) is 0 Å². The maximum Gasteiger partial charge on any atom is 0.0562 e. The molecule has 0 saturated heterocycles. The molecule has 0 spiro atoms. The number of hydrogen-bond acceptors (Lipinski definition) is 0. The van der Waals surface area contributed by atoms with Gasteiger partial charge in [0.2, 0.25) is 0 Å². The molecule has 0 aliphatic heterocycles. The molecule has 0 atom stereocenters. The van der Waals surface area contributed by atoms with Gasteiger partial charge in [0, 0.05) is 59.9 Å². The van der Waals surface area contributed by atoms with Gasteiger partial charge in [-0.2, -0.15) is 0 Å². The van der Waals surface area contributed by atoms with Gasteiger partial charge in [-0.3, -0.25) is 0 Å². The number of rotatable bonds is 0. The molecular weight excluding hydrogens is 364 g/mol. The van der Waals surface area contributed by atoms with Crippen molar-refractivity contribution in [3.05, 3.63) is 95.3 Å². The van der Waals surface area contributed by atoms with Crippen molar-refractivity contribution in [1.82, 2.24) is 9.13 Å². The Morgan fingerprint density at radius 1 is 0.500 bits per heavy atom. The van der Waals surface area contributed by atoms with E-state index in [-0.39, 0.29) is 0 Å². The highest BCUT2D eigenvalue weighted by Gasteiger charge is 2.27. The van der Waals surface area contributed by atoms with E-state index in [4.69, 9.17) is 0 Å². The van der Waals surface area contributed by atoms with Gasteiger partial charge in [-0.25, -0.2) is 0 Å². The second-order valence-corrected chi connectivity index (χ2v) is 8.69. The van der Waals surface area contributed by atoms with E-state index in [1.165, 1.54) is 65.9 Å². The van der Waals surface area contributed by atoms with Crippen LogP contribution in [-0.2, 0) is 26.9 Å². The monoisotopic (exact) mass is 386 g/mol. The molecule has 2 nitrogen and oxygen atoms in total. The molecule has 6 aromatic rings. The smallest absolute Gasteiger partial charge is 0.0562 e. The highest BCUT2D eigenvalue weighted by Crippen LogP contribution is 2.41. The van der Waals surface area contributed by atoms with E-state index in [2.05, 4.69) is 96.0 Å². The molecule has 144 valence electrons. The van der Waals surface area contributed by atoms with Crippen LogP contribution in [0.25, 0.3) is 43.4 Å².